The van der Waals surface area contributed by atoms with Crippen molar-refractivity contribution in [1.82, 2.24) is 9.69 Å². The molecule has 0 radical (unpaired) electrons. The van der Waals surface area contributed by atoms with E-state index in [1.807, 2.05) is 31.2 Å². The van der Waals surface area contributed by atoms with Crippen LogP contribution in [0.25, 0.3) is 0 Å². The normalized spacial score (nSPS) is 11.8. The third kappa shape index (κ3) is 6.17. The number of carbonyl (C=O) groups excluding carboxylic acids is 3. The van der Waals surface area contributed by atoms with Gasteiger partial charge in [-0.15, -0.1) is 0 Å². The van der Waals surface area contributed by atoms with E-state index < -0.39 is 17.9 Å². The fraction of sp³-hybridized carbons (Fsp3) is 0.280. The van der Waals surface area contributed by atoms with E-state index in [2.05, 4.69) is 23.5 Å². The molecule has 0 fully saturated rings. The number of anilines is 2. The Morgan fingerprint density at radius 2 is 1.71 bits per heavy atom. The fourth-order valence-electron chi connectivity index (χ4n) is 3.47. The molecule has 184 valence electrons. The highest BCUT2D eigenvalue weighted by atomic mass is 35.5. The summed E-state index contributed by atoms with van der Waals surface area (Å²) in [6.07, 6.45) is 0.783. The summed E-state index contributed by atoms with van der Waals surface area (Å²) < 4.78 is 3.96. The molecule has 5 N–H and O–H groups in total. The molecular weight excluding hydrogens is 486 g/mol. The van der Waals surface area contributed by atoms with Crippen molar-refractivity contribution in [3.05, 3.63) is 75.3 Å². The summed E-state index contributed by atoms with van der Waals surface area (Å²) in [5.74, 6) is -1.38. The summed E-state index contributed by atoms with van der Waals surface area (Å²) in [7, 11) is 0. The molecule has 0 aliphatic heterocycles. The Bertz CT molecular complexity index is 1210. The minimum Gasteiger partial charge on any atom is -0.395 e. The van der Waals surface area contributed by atoms with Gasteiger partial charge in [-0.25, -0.2) is 0 Å². The average molecular weight is 514 g/mol. The van der Waals surface area contributed by atoms with Crippen molar-refractivity contribution in [2.24, 2.45) is 11.7 Å². The number of nitrogens with zero attached hydrogens (tertiary/aromatic N) is 2. The van der Waals surface area contributed by atoms with Gasteiger partial charge in [0.25, 0.3) is 11.8 Å². The van der Waals surface area contributed by atoms with Gasteiger partial charge < -0.3 is 16.8 Å². The molecule has 1 atom stereocenters. The number of hydrogen-bond acceptors (Lipinski definition) is 6. The van der Waals surface area contributed by atoms with Crippen LogP contribution < -0.4 is 21.7 Å². The van der Waals surface area contributed by atoms with E-state index in [1.54, 1.807) is 24.3 Å². The van der Waals surface area contributed by atoms with E-state index in [0.29, 0.717) is 28.7 Å². The molecule has 3 aromatic rings. The van der Waals surface area contributed by atoms with Crippen LogP contribution in [-0.2, 0) is 4.79 Å². The van der Waals surface area contributed by atoms with Gasteiger partial charge in [0, 0.05) is 17.3 Å². The first kappa shape index (κ1) is 26.2. The average Bonchev–Trinajstić information content (AvgIpc) is 3.20. The van der Waals surface area contributed by atoms with Crippen LogP contribution in [-0.4, -0.2) is 28.6 Å². The van der Waals surface area contributed by atoms with Gasteiger partial charge in [0.1, 0.15) is 10.9 Å². The molecule has 1 heterocycles. The van der Waals surface area contributed by atoms with Gasteiger partial charge in [-0.3, -0.25) is 19.3 Å². The molecule has 35 heavy (non-hydrogen) atoms. The lowest BCUT2D eigenvalue weighted by Crippen LogP contribution is -2.44. The summed E-state index contributed by atoms with van der Waals surface area (Å²) in [5.41, 5.74) is 13.2. The lowest BCUT2D eigenvalue weighted by molar-refractivity contribution is -0.122. The maximum atomic E-state index is 13.9. The Balaban J connectivity index is 2.14. The van der Waals surface area contributed by atoms with Crippen LogP contribution in [0.15, 0.2) is 48.5 Å². The maximum absolute atomic E-state index is 13.9. The molecule has 3 amide bonds. The number of benzene rings is 2. The topological polar surface area (TPSA) is 131 Å². The number of amides is 3. The number of aryl methyl sites for hydroxylation is 1. The Kier molecular flexibility index (Phi) is 8.48. The van der Waals surface area contributed by atoms with Gasteiger partial charge in [0.15, 0.2) is 5.69 Å². The predicted octanol–water partition coefficient (Wildman–Crippen LogP) is 4.34. The van der Waals surface area contributed by atoms with Gasteiger partial charge in [-0.1, -0.05) is 55.3 Å². The third-order valence-corrected chi connectivity index (χ3v) is 6.50. The van der Waals surface area contributed by atoms with Crippen LogP contribution >= 0.6 is 23.1 Å². The van der Waals surface area contributed by atoms with E-state index >= 15 is 0 Å². The number of nitrogens with one attached hydrogen (secondary N) is 1. The number of carbonyl (C=O) groups is 3. The van der Waals surface area contributed by atoms with Crippen LogP contribution in [0, 0.1) is 12.8 Å². The summed E-state index contributed by atoms with van der Waals surface area (Å²) in [5, 5.41) is 3.43. The Morgan fingerprint density at radius 1 is 1.09 bits per heavy atom. The number of nitrogen functional groups attached to an aromatic ring is 1. The number of nitrogens with two attached hydrogens (primary N) is 2. The number of halogens is 1. The third-order valence-electron chi connectivity index (χ3n) is 5.40. The standard InChI is InChI=1S/C25H28ClN5O3S/c1-14(2)12-13-29-24(33)21(16-6-4-15(3)5-7-16)31(18-10-8-17(26)9-11-18)25(34)22-19(27)20(23(28)32)30-35-22/h4-11,14,21H,12-13,27H2,1-3H3,(H2,28,32)(H,29,33). The molecule has 0 aliphatic carbocycles. The van der Waals surface area contributed by atoms with Crippen LogP contribution in [0.5, 0.6) is 0 Å². The lowest BCUT2D eigenvalue weighted by Gasteiger charge is -2.31. The zero-order valence-corrected chi connectivity index (χ0v) is 21.3. The monoisotopic (exact) mass is 513 g/mol. The highest BCUT2D eigenvalue weighted by Gasteiger charge is 2.36. The largest absolute Gasteiger partial charge is 0.395 e. The molecule has 8 nitrogen and oxygen atoms in total. The van der Waals surface area contributed by atoms with Crippen LogP contribution in [0.3, 0.4) is 0 Å². The first-order valence-corrected chi connectivity index (χ1v) is 12.2. The molecule has 1 aromatic heterocycles. The Hall–Kier alpha value is -3.43. The SMILES string of the molecule is Cc1ccc(C(C(=O)NCCC(C)C)N(C(=O)c2snc(C(N)=O)c2N)c2ccc(Cl)cc2)cc1. The zero-order valence-electron chi connectivity index (χ0n) is 19.7. The highest BCUT2D eigenvalue weighted by Crippen LogP contribution is 2.33. The van der Waals surface area contributed by atoms with Crippen molar-refractivity contribution in [1.29, 1.82) is 0 Å². The summed E-state index contributed by atoms with van der Waals surface area (Å²) in [6.45, 7) is 6.52. The number of hydrogen-bond donors (Lipinski definition) is 3. The van der Waals surface area contributed by atoms with Crippen LogP contribution in [0.1, 0.15) is 57.6 Å². The second-order valence-corrected chi connectivity index (χ2v) is 9.79. The first-order chi connectivity index (χ1) is 16.6. The van der Waals surface area contributed by atoms with E-state index in [0.717, 1.165) is 23.5 Å². The molecule has 0 saturated carbocycles. The second kappa shape index (κ2) is 11.3. The number of aromatic nitrogens is 1. The Morgan fingerprint density at radius 3 is 2.26 bits per heavy atom. The van der Waals surface area contributed by atoms with Gasteiger partial charge >= 0.3 is 0 Å². The highest BCUT2D eigenvalue weighted by molar-refractivity contribution is 7.09. The van der Waals surface area contributed by atoms with Gasteiger partial charge in [-0.05, 0) is 60.6 Å². The van der Waals surface area contributed by atoms with Gasteiger partial charge in [-0.2, -0.15) is 4.37 Å². The van der Waals surface area contributed by atoms with Crippen molar-refractivity contribution in [3.63, 3.8) is 0 Å². The zero-order chi connectivity index (χ0) is 25.7. The molecule has 0 spiro atoms. The summed E-state index contributed by atoms with van der Waals surface area (Å²) in [6, 6.07) is 12.9. The fourth-order valence-corrected chi connectivity index (χ4v) is 4.34. The van der Waals surface area contributed by atoms with Crippen LogP contribution in [0.4, 0.5) is 11.4 Å². The molecule has 10 heteroatoms. The van der Waals surface area contributed by atoms with E-state index in [-0.39, 0.29) is 22.2 Å². The second-order valence-electron chi connectivity index (χ2n) is 8.58. The molecule has 3 rings (SSSR count). The quantitative estimate of drug-likeness (QED) is 0.391. The molecule has 0 bridgehead atoms. The maximum Gasteiger partial charge on any atom is 0.273 e. The van der Waals surface area contributed by atoms with Crippen LogP contribution in [0.2, 0.25) is 5.02 Å². The lowest BCUT2D eigenvalue weighted by atomic mass is 10.0. The van der Waals surface area contributed by atoms with E-state index in [4.69, 9.17) is 23.1 Å². The molecule has 0 aliphatic rings. The van der Waals surface area contributed by atoms with Gasteiger partial charge in [0.05, 0.1) is 5.69 Å². The minimum atomic E-state index is -1.02. The van der Waals surface area contributed by atoms with Crippen molar-refractivity contribution in [2.45, 2.75) is 33.2 Å². The van der Waals surface area contributed by atoms with Crippen molar-refractivity contribution < 1.29 is 14.4 Å². The van der Waals surface area contributed by atoms with Crippen molar-refractivity contribution in [3.8, 4) is 0 Å². The first-order valence-electron chi connectivity index (χ1n) is 11.1. The van der Waals surface area contributed by atoms with Crippen molar-refractivity contribution in [2.75, 3.05) is 17.2 Å². The number of primary amides is 1. The molecular formula is C25H28ClN5O3S. The molecule has 0 saturated heterocycles. The van der Waals surface area contributed by atoms with E-state index in [1.165, 1.54) is 4.90 Å². The molecule has 2 aromatic carbocycles. The minimum absolute atomic E-state index is 0.0147. The number of rotatable bonds is 9. The molecule has 1 unspecified atom stereocenters. The Labute approximate surface area is 213 Å². The summed E-state index contributed by atoms with van der Waals surface area (Å²) >= 11 is 6.85. The smallest absolute Gasteiger partial charge is 0.273 e. The van der Waals surface area contributed by atoms with Crippen molar-refractivity contribution >= 4 is 52.2 Å². The van der Waals surface area contributed by atoms with E-state index in [9.17, 15) is 14.4 Å². The van der Waals surface area contributed by atoms with Gasteiger partial charge in [0.2, 0.25) is 5.91 Å². The predicted molar refractivity (Wildman–Crippen MR) is 140 cm³/mol. The summed E-state index contributed by atoms with van der Waals surface area (Å²) in [4.78, 5) is 40.5.